The Morgan fingerprint density at radius 1 is 1.06 bits per heavy atom. The molecule has 1 fully saturated rings. The van der Waals surface area contributed by atoms with E-state index in [4.69, 9.17) is 14.2 Å². The van der Waals surface area contributed by atoms with E-state index in [0.717, 1.165) is 15.8 Å². The van der Waals surface area contributed by atoms with Crippen LogP contribution in [0.4, 0.5) is 5.69 Å². The normalized spacial score (nSPS) is 19.4. The second-order valence-electron chi connectivity index (χ2n) is 8.60. The molecule has 2 unspecified atom stereocenters. The number of carbonyl (C=O) groups excluding carboxylic acids is 2. The summed E-state index contributed by atoms with van der Waals surface area (Å²) in [5.41, 5.74) is 1.64. The number of thioether (sulfide) groups is 1. The molecular formula is C25H27N3O5S. The van der Waals surface area contributed by atoms with Crippen LogP contribution < -0.4 is 14.8 Å². The predicted octanol–water partition coefficient (Wildman–Crippen LogP) is 3.74. The van der Waals surface area contributed by atoms with Crippen LogP contribution in [0.2, 0.25) is 0 Å². The van der Waals surface area contributed by atoms with Gasteiger partial charge in [-0.25, -0.2) is 0 Å². The van der Waals surface area contributed by atoms with Crippen molar-refractivity contribution in [1.29, 1.82) is 0 Å². The third kappa shape index (κ3) is 4.85. The summed E-state index contributed by atoms with van der Waals surface area (Å²) in [7, 11) is 0. The first-order valence-electron chi connectivity index (χ1n) is 11.3. The number of hydrogen-bond donors (Lipinski definition) is 1. The number of hydrogen-bond acceptors (Lipinski definition) is 6. The van der Waals surface area contributed by atoms with Crippen LogP contribution in [-0.4, -0.2) is 59.1 Å². The van der Waals surface area contributed by atoms with Crippen LogP contribution in [0.3, 0.4) is 0 Å². The molecule has 0 bridgehead atoms. The molecule has 34 heavy (non-hydrogen) atoms. The van der Waals surface area contributed by atoms with Crippen molar-refractivity contribution < 1.29 is 23.8 Å². The molecule has 0 saturated carbocycles. The lowest BCUT2D eigenvalue weighted by molar-refractivity contribution is -0.143. The number of aromatic nitrogens is 1. The van der Waals surface area contributed by atoms with Gasteiger partial charge < -0.3 is 29.0 Å². The van der Waals surface area contributed by atoms with Gasteiger partial charge in [-0.3, -0.25) is 9.59 Å². The van der Waals surface area contributed by atoms with E-state index >= 15 is 0 Å². The highest BCUT2D eigenvalue weighted by Gasteiger charge is 2.26. The molecule has 9 heteroatoms. The minimum atomic E-state index is -0.118. The van der Waals surface area contributed by atoms with Crippen LogP contribution in [0.25, 0.3) is 10.9 Å². The molecule has 3 heterocycles. The number of rotatable bonds is 6. The molecule has 8 nitrogen and oxygen atoms in total. The van der Waals surface area contributed by atoms with E-state index in [1.807, 2.05) is 53.8 Å². The zero-order valence-electron chi connectivity index (χ0n) is 19.2. The molecule has 1 aromatic heterocycles. The Morgan fingerprint density at radius 2 is 1.82 bits per heavy atom. The van der Waals surface area contributed by atoms with Crippen LogP contribution in [0.15, 0.2) is 53.6 Å². The van der Waals surface area contributed by atoms with Crippen LogP contribution >= 0.6 is 11.8 Å². The molecule has 0 aliphatic carbocycles. The summed E-state index contributed by atoms with van der Waals surface area (Å²) in [5, 5.41) is 3.93. The first kappa shape index (κ1) is 22.6. The largest absolute Gasteiger partial charge is 0.454 e. The average Bonchev–Trinajstić information content (AvgIpc) is 3.41. The van der Waals surface area contributed by atoms with Crippen molar-refractivity contribution in [2.45, 2.75) is 37.5 Å². The Labute approximate surface area is 202 Å². The molecule has 2 aliphatic heterocycles. The zero-order chi connectivity index (χ0) is 23.7. The molecule has 2 amide bonds. The molecule has 2 atom stereocenters. The minimum Gasteiger partial charge on any atom is -0.454 e. The SMILES string of the molecule is CC1CN(C(=O)Cn2cc(SCC(=O)Nc3ccc4c(c3)OCO4)c3ccccc32)CC(C)O1. The molecule has 1 N–H and O–H groups in total. The van der Waals surface area contributed by atoms with Gasteiger partial charge in [0.05, 0.1) is 18.0 Å². The van der Waals surface area contributed by atoms with E-state index < -0.39 is 0 Å². The van der Waals surface area contributed by atoms with Crippen molar-refractivity contribution in [2.75, 3.05) is 31.0 Å². The number of benzene rings is 2. The number of carbonyl (C=O) groups is 2. The quantitative estimate of drug-likeness (QED) is 0.541. The fourth-order valence-electron chi connectivity index (χ4n) is 4.40. The summed E-state index contributed by atoms with van der Waals surface area (Å²) in [4.78, 5) is 28.5. The number of morpholine rings is 1. The molecule has 178 valence electrons. The van der Waals surface area contributed by atoms with Crippen molar-refractivity contribution in [3.63, 3.8) is 0 Å². The maximum Gasteiger partial charge on any atom is 0.242 e. The Balaban J connectivity index is 1.26. The van der Waals surface area contributed by atoms with E-state index in [2.05, 4.69) is 5.32 Å². The minimum absolute atomic E-state index is 0.0310. The van der Waals surface area contributed by atoms with Gasteiger partial charge in [-0.05, 0) is 32.0 Å². The van der Waals surface area contributed by atoms with Gasteiger partial charge >= 0.3 is 0 Å². The second kappa shape index (κ2) is 9.60. The van der Waals surface area contributed by atoms with Crippen molar-refractivity contribution in [1.82, 2.24) is 9.47 Å². The van der Waals surface area contributed by atoms with Gasteiger partial charge in [0.2, 0.25) is 18.6 Å². The zero-order valence-corrected chi connectivity index (χ0v) is 20.0. The van der Waals surface area contributed by atoms with Gasteiger partial charge in [0.25, 0.3) is 0 Å². The van der Waals surface area contributed by atoms with Gasteiger partial charge in [0, 0.05) is 46.8 Å². The van der Waals surface area contributed by atoms with Crippen molar-refractivity contribution in [2.24, 2.45) is 0 Å². The first-order valence-corrected chi connectivity index (χ1v) is 12.3. The topological polar surface area (TPSA) is 82.0 Å². The van der Waals surface area contributed by atoms with E-state index in [9.17, 15) is 9.59 Å². The van der Waals surface area contributed by atoms with Gasteiger partial charge in [-0.15, -0.1) is 11.8 Å². The lowest BCUT2D eigenvalue weighted by Gasteiger charge is -2.35. The number of anilines is 1. The Bertz CT molecular complexity index is 1220. The summed E-state index contributed by atoms with van der Waals surface area (Å²) >= 11 is 1.45. The van der Waals surface area contributed by atoms with Crippen molar-refractivity contribution in [3.8, 4) is 11.5 Å². The standard InChI is InChI=1S/C25H27N3O5S/c1-16-10-28(11-17(2)33-16)25(30)13-27-12-23(19-5-3-4-6-20(19)27)34-14-24(29)26-18-7-8-21-22(9-18)32-15-31-21/h3-9,12,16-17H,10-11,13-15H2,1-2H3,(H,26,29). The van der Waals surface area contributed by atoms with Gasteiger partial charge in [-0.2, -0.15) is 0 Å². The highest BCUT2D eigenvalue weighted by Crippen LogP contribution is 2.34. The summed E-state index contributed by atoms with van der Waals surface area (Å²) in [6.07, 6.45) is 2.03. The number of fused-ring (bicyclic) bond motifs is 2. The highest BCUT2D eigenvalue weighted by molar-refractivity contribution is 8.00. The molecule has 0 spiro atoms. The number of nitrogens with zero attached hydrogens (tertiary/aromatic N) is 2. The summed E-state index contributed by atoms with van der Waals surface area (Å²) in [6.45, 7) is 5.63. The van der Waals surface area contributed by atoms with Crippen LogP contribution in [0.5, 0.6) is 11.5 Å². The molecule has 0 radical (unpaired) electrons. The second-order valence-corrected chi connectivity index (χ2v) is 9.62. The van der Waals surface area contributed by atoms with Gasteiger partial charge in [0.1, 0.15) is 6.54 Å². The summed E-state index contributed by atoms with van der Waals surface area (Å²) in [5.74, 6) is 1.50. The third-order valence-corrected chi connectivity index (χ3v) is 6.89. The van der Waals surface area contributed by atoms with Crippen LogP contribution in [-0.2, 0) is 20.9 Å². The van der Waals surface area contributed by atoms with E-state index in [0.29, 0.717) is 30.3 Å². The number of ether oxygens (including phenoxy) is 3. The average molecular weight is 482 g/mol. The monoisotopic (exact) mass is 481 g/mol. The summed E-state index contributed by atoms with van der Waals surface area (Å²) in [6, 6.07) is 13.3. The Hall–Kier alpha value is -3.17. The Kier molecular flexibility index (Phi) is 6.38. The molecule has 3 aromatic rings. The van der Waals surface area contributed by atoms with Gasteiger partial charge in [-0.1, -0.05) is 18.2 Å². The molecule has 2 aliphatic rings. The van der Waals surface area contributed by atoms with Crippen molar-refractivity contribution >= 4 is 40.2 Å². The highest BCUT2D eigenvalue weighted by atomic mass is 32.2. The van der Waals surface area contributed by atoms with Crippen molar-refractivity contribution in [3.05, 3.63) is 48.7 Å². The third-order valence-electron chi connectivity index (χ3n) is 5.85. The fraction of sp³-hybridized carbons (Fsp3) is 0.360. The first-order chi connectivity index (χ1) is 16.5. The van der Waals surface area contributed by atoms with E-state index in [-0.39, 0.29) is 43.1 Å². The number of nitrogens with one attached hydrogen (secondary N) is 1. The molecular weight excluding hydrogens is 454 g/mol. The lowest BCUT2D eigenvalue weighted by Crippen LogP contribution is -2.49. The van der Waals surface area contributed by atoms with E-state index in [1.54, 1.807) is 18.2 Å². The summed E-state index contributed by atoms with van der Waals surface area (Å²) < 4.78 is 18.4. The van der Waals surface area contributed by atoms with Crippen LogP contribution in [0.1, 0.15) is 13.8 Å². The number of para-hydroxylation sites is 1. The van der Waals surface area contributed by atoms with E-state index in [1.165, 1.54) is 11.8 Å². The Morgan fingerprint density at radius 3 is 2.65 bits per heavy atom. The van der Waals surface area contributed by atoms with Gasteiger partial charge in [0.15, 0.2) is 11.5 Å². The maximum absolute atomic E-state index is 13.0. The molecule has 2 aromatic carbocycles. The molecule has 1 saturated heterocycles. The smallest absolute Gasteiger partial charge is 0.242 e. The number of amides is 2. The predicted molar refractivity (Wildman–Crippen MR) is 130 cm³/mol. The molecule has 5 rings (SSSR count). The lowest BCUT2D eigenvalue weighted by atomic mass is 10.2. The maximum atomic E-state index is 13.0. The van der Waals surface area contributed by atoms with Crippen LogP contribution in [0, 0.1) is 0 Å². The fourth-order valence-corrected chi connectivity index (χ4v) is 5.29.